The summed E-state index contributed by atoms with van der Waals surface area (Å²) in [6, 6.07) is 1.88. The van der Waals surface area contributed by atoms with E-state index in [1.807, 2.05) is 6.07 Å². The van der Waals surface area contributed by atoms with Gasteiger partial charge in [0.25, 0.3) is 5.82 Å². The number of nitriles is 1. The van der Waals surface area contributed by atoms with Gasteiger partial charge in [0.05, 0.1) is 6.54 Å². The van der Waals surface area contributed by atoms with E-state index in [0.29, 0.717) is 19.0 Å². The van der Waals surface area contributed by atoms with Crippen molar-refractivity contribution < 1.29 is 0 Å². The van der Waals surface area contributed by atoms with Gasteiger partial charge in [0.15, 0.2) is 5.96 Å². The number of nitrogens with zero attached hydrogens (tertiary/aromatic N) is 5. The fourth-order valence-electron chi connectivity index (χ4n) is 1.71. The van der Waals surface area contributed by atoms with Gasteiger partial charge in [-0.1, -0.05) is 6.42 Å². The minimum Gasteiger partial charge on any atom is -0.370 e. The largest absolute Gasteiger partial charge is 0.370 e. The molecule has 0 spiro atoms. The van der Waals surface area contributed by atoms with Crippen LogP contribution in [0.5, 0.6) is 0 Å². The van der Waals surface area contributed by atoms with E-state index in [4.69, 9.17) is 11.0 Å². The molecule has 1 aromatic rings. The summed E-state index contributed by atoms with van der Waals surface area (Å²) >= 11 is 0. The summed E-state index contributed by atoms with van der Waals surface area (Å²) in [5, 5.41) is 15.5. The van der Waals surface area contributed by atoms with Crippen molar-refractivity contribution in [1.29, 1.82) is 5.26 Å². The Balaban J connectivity index is 1.66. The summed E-state index contributed by atoms with van der Waals surface area (Å²) in [6.45, 7) is 2.04. The highest BCUT2D eigenvalue weighted by Crippen LogP contribution is 2.26. The van der Waals surface area contributed by atoms with Gasteiger partial charge in [-0.25, -0.2) is 9.67 Å². The monoisotopic (exact) mass is 247 g/mol. The molecule has 0 aromatic carbocycles. The van der Waals surface area contributed by atoms with Crippen molar-refractivity contribution in [3.05, 3.63) is 12.2 Å². The molecule has 0 saturated heterocycles. The normalized spacial score (nSPS) is 16.1. The lowest BCUT2D eigenvalue weighted by Gasteiger charge is -2.23. The predicted molar refractivity (Wildman–Crippen MR) is 66.6 cm³/mol. The second-order valence-electron chi connectivity index (χ2n) is 4.39. The second kappa shape index (κ2) is 6.00. The van der Waals surface area contributed by atoms with E-state index in [0.717, 1.165) is 12.5 Å². The van der Waals surface area contributed by atoms with Gasteiger partial charge in [-0.3, -0.25) is 4.99 Å². The Kier molecular flexibility index (Phi) is 4.12. The Bertz CT molecular complexity index is 452. The lowest BCUT2D eigenvalue weighted by Crippen LogP contribution is -2.35. The molecular formula is C11H17N7. The molecular weight excluding hydrogens is 230 g/mol. The van der Waals surface area contributed by atoms with E-state index < -0.39 is 0 Å². The first-order valence-corrected chi connectivity index (χ1v) is 6.11. The maximum absolute atomic E-state index is 8.57. The topological polar surface area (TPSA) is 105 Å². The number of guanidine groups is 1. The van der Waals surface area contributed by atoms with Crippen molar-refractivity contribution in [3.63, 3.8) is 0 Å². The molecule has 1 heterocycles. The molecule has 0 atom stereocenters. The number of rotatable bonds is 5. The van der Waals surface area contributed by atoms with Gasteiger partial charge >= 0.3 is 0 Å². The van der Waals surface area contributed by atoms with Crippen molar-refractivity contribution in [2.24, 2.45) is 16.6 Å². The average Bonchev–Trinajstić information content (AvgIpc) is 2.75. The molecule has 7 nitrogen and oxygen atoms in total. The van der Waals surface area contributed by atoms with Crippen LogP contribution in [0.3, 0.4) is 0 Å². The van der Waals surface area contributed by atoms with Crippen LogP contribution in [0.1, 0.15) is 25.1 Å². The SMILES string of the molecule is N#Cc1ncn(CCNC(N)=NCC2CCC2)n1. The Morgan fingerprint density at radius 2 is 2.50 bits per heavy atom. The van der Waals surface area contributed by atoms with Gasteiger partial charge < -0.3 is 11.1 Å². The van der Waals surface area contributed by atoms with Crippen LogP contribution in [0, 0.1) is 17.2 Å². The third-order valence-corrected chi connectivity index (χ3v) is 3.03. The average molecular weight is 247 g/mol. The molecule has 3 N–H and O–H groups in total. The maximum Gasteiger partial charge on any atom is 0.252 e. The maximum atomic E-state index is 8.57. The summed E-state index contributed by atoms with van der Waals surface area (Å²) in [7, 11) is 0. The van der Waals surface area contributed by atoms with Gasteiger partial charge in [0, 0.05) is 13.1 Å². The molecule has 0 unspecified atom stereocenters. The van der Waals surface area contributed by atoms with Crippen molar-refractivity contribution in [3.8, 4) is 6.07 Å². The Hall–Kier alpha value is -2.10. The summed E-state index contributed by atoms with van der Waals surface area (Å²) in [4.78, 5) is 8.10. The van der Waals surface area contributed by atoms with Crippen LogP contribution in [-0.4, -0.2) is 33.8 Å². The third-order valence-electron chi connectivity index (χ3n) is 3.03. The molecule has 0 bridgehead atoms. The highest BCUT2D eigenvalue weighted by atomic mass is 15.3. The zero-order valence-electron chi connectivity index (χ0n) is 10.2. The fraction of sp³-hybridized carbons (Fsp3) is 0.636. The Morgan fingerprint density at radius 1 is 1.67 bits per heavy atom. The van der Waals surface area contributed by atoms with E-state index in [1.165, 1.54) is 25.6 Å². The van der Waals surface area contributed by atoms with Gasteiger partial charge in [-0.05, 0) is 18.8 Å². The molecule has 0 aliphatic heterocycles. The van der Waals surface area contributed by atoms with Crippen molar-refractivity contribution in [2.75, 3.05) is 13.1 Å². The molecule has 7 heteroatoms. The molecule has 96 valence electrons. The van der Waals surface area contributed by atoms with Gasteiger partial charge in [0.1, 0.15) is 12.4 Å². The zero-order valence-corrected chi connectivity index (χ0v) is 10.2. The number of nitrogens with one attached hydrogen (secondary N) is 1. The lowest BCUT2D eigenvalue weighted by atomic mass is 9.86. The Morgan fingerprint density at radius 3 is 3.11 bits per heavy atom. The van der Waals surface area contributed by atoms with Crippen molar-refractivity contribution >= 4 is 5.96 Å². The number of nitrogens with two attached hydrogens (primary N) is 1. The first-order valence-electron chi connectivity index (χ1n) is 6.11. The molecule has 0 amide bonds. The van der Waals surface area contributed by atoms with Crippen LogP contribution in [0.4, 0.5) is 0 Å². The lowest BCUT2D eigenvalue weighted by molar-refractivity contribution is 0.326. The molecule has 1 aliphatic carbocycles. The van der Waals surface area contributed by atoms with Crippen LogP contribution in [0.15, 0.2) is 11.3 Å². The molecule has 18 heavy (non-hydrogen) atoms. The van der Waals surface area contributed by atoms with Crippen LogP contribution < -0.4 is 11.1 Å². The first kappa shape index (κ1) is 12.4. The van der Waals surface area contributed by atoms with E-state index in [1.54, 1.807) is 4.68 Å². The molecule has 1 fully saturated rings. The van der Waals surface area contributed by atoms with Crippen LogP contribution in [0.25, 0.3) is 0 Å². The highest BCUT2D eigenvalue weighted by Gasteiger charge is 2.16. The molecule has 1 saturated carbocycles. The number of hydrogen-bond donors (Lipinski definition) is 2. The van der Waals surface area contributed by atoms with Crippen molar-refractivity contribution in [1.82, 2.24) is 20.1 Å². The van der Waals surface area contributed by atoms with Gasteiger partial charge in [0.2, 0.25) is 0 Å². The molecule has 1 aliphatic rings. The number of aromatic nitrogens is 3. The summed E-state index contributed by atoms with van der Waals surface area (Å²) in [6.07, 6.45) is 5.39. The standard InChI is InChI=1S/C11H17N7/c12-6-10-16-8-18(17-10)5-4-14-11(13)15-7-9-2-1-3-9/h8-9H,1-5,7H2,(H3,13,14,15). The van der Waals surface area contributed by atoms with Crippen LogP contribution >= 0.6 is 0 Å². The van der Waals surface area contributed by atoms with E-state index in [9.17, 15) is 0 Å². The van der Waals surface area contributed by atoms with Gasteiger partial charge in [-0.15, -0.1) is 5.10 Å². The number of aliphatic imine (C=N–C) groups is 1. The van der Waals surface area contributed by atoms with Gasteiger partial charge in [-0.2, -0.15) is 5.26 Å². The Labute approximate surface area is 106 Å². The predicted octanol–water partition coefficient (Wildman–Crippen LogP) is -0.146. The summed E-state index contributed by atoms with van der Waals surface area (Å²) in [5.41, 5.74) is 5.74. The quantitative estimate of drug-likeness (QED) is 0.556. The van der Waals surface area contributed by atoms with E-state index in [2.05, 4.69) is 20.4 Å². The minimum atomic E-state index is 0.182. The molecule has 1 aromatic heterocycles. The summed E-state index contributed by atoms with van der Waals surface area (Å²) < 4.78 is 1.60. The fourth-order valence-corrected chi connectivity index (χ4v) is 1.71. The number of hydrogen-bond acceptors (Lipinski definition) is 4. The van der Waals surface area contributed by atoms with E-state index >= 15 is 0 Å². The minimum absolute atomic E-state index is 0.182. The molecule has 0 radical (unpaired) electrons. The third kappa shape index (κ3) is 3.45. The first-order chi connectivity index (χ1) is 8.78. The van der Waals surface area contributed by atoms with Crippen LogP contribution in [0.2, 0.25) is 0 Å². The second-order valence-corrected chi connectivity index (χ2v) is 4.39. The summed E-state index contributed by atoms with van der Waals surface area (Å²) in [5.74, 6) is 1.38. The zero-order chi connectivity index (χ0) is 12.8. The van der Waals surface area contributed by atoms with Crippen LogP contribution in [-0.2, 0) is 6.54 Å². The van der Waals surface area contributed by atoms with E-state index in [-0.39, 0.29) is 5.82 Å². The molecule has 2 rings (SSSR count). The van der Waals surface area contributed by atoms with Crippen molar-refractivity contribution in [2.45, 2.75) is 25.8 Å². The highest BCUT2D eigenvalue weighted by molar-refractivity contribution is 5.77. The smallest absolute Gasteiger partial charge is 0.252 e.